The van der Waals surface area contributed by atoms with Crippen LogP contribution in [0.15, 0.2) is 30.3 Å². The Morgan fingerprint density at radius 2 is 1.85 bits per heavy atom. The number of rotatable bonds is 6. The number of piperidine rings is 1. The molecule has 4 atom stereocenters. The Hall–Kier alpha value is -3.92. The number of nitrogens with zero attached hydrogens (tertiary/aromatic N) is 6. The van der Waals surface area contributed by atoms with Crippen LogP contribution in [0.25, 0.3) is 28.1 Å². The highest BCUT2D eigenvalue weighted by Crippen LogP contribution is 2.40. The third-order valence-corrected chi connectivity index (χ3v) is 11.1. The van der Waals surface area contributed by atoms with Crippen LogP contribution in [0.2, 0.25) is 0 Å². The number of fused-ring (bicyclic) bond motifs is 4. The predicted octanol–water partition coefficient (Wildman–Crippen LogP) is 5.53. The van der Waals surface area contributed by atoms with Gasteiger partial charge in [0.05, 0.1) is 18.5 Å². The molecule has 10 nitrogen and oxygen atoms in total. The van der Waals surface area contributed by atoms with E-state index < -0.39 is 5.41 Å². The fraction of sp³-hybridized carbons (Fsp3) is 0.568. The standard InChI is InChI=1S/C37H47N7O3/c1-21-33(40-31-16-25(17-32(47-5)43(21)31)35(45)44-26-11-13-29(44)27(38)18-26)30-15-23-10-12-28(39-34(23)42(30)19-22-8-9-22)24-7-6-14-41(20-24)36(46)37(2,3)4/h10,12,15-17,22,24,26-27,29H,6-9,11,13-14,18-20,38H2,1-5H3/t24?,26-,27+,29+/m0/s1. The second kappa shape index (κ2) is 11.1. The van der Waals surface area contributed by atoms with Crippen molar-refractivity contribution in [1.29, 1.82) is 0 Å². The van der Waals surface area contributed by atoms with Crippen LogP contribution in [-0.2, 0) is 11.3 Å². The number of pyridine rings is 2. The van der Waals surface area contributed by atoms with Gasteiger partial charge in [-0.05, 0) is 82.1 Å². The lowest BCUT2D eigenvalue weighted by atomic mass is 9.89. The van der Waals surface area contributed by atoms with E-state index in [9.17, 15) is 9.59 Å². The minimum atomic E-state index is -0.392. The summed E-state index contributed by atoms with van der Waals surface area (Å²) in [5, 5.41) is 1.09. The summed E-state index contributed by atoms with van der Waals surface area (Å²) >= 11 is 0. The number of carbonyl (C=O) groups excluding carboxylic acids is 2. The first-order valence-corrected chi connectivity index (χ1v) is 17.5. The fourth-order valence-electron chi connectivity index (χ4n) is 8.48. The monoisotopic (exact) mass is 637 g/mol. The molecule has 10 heteroatoms. The van der Waals surface area contributed by atoms with Gasteiger partial charge in [-0.15, -0.1) is 0 Å². The normalized spacial score (nSPS) is 24.6. The maximum atomic E-state index is 13.8. The predicted molar refractivity (Wildman–Crippen MR) is 182 cm³/mol. The van der Waals surface area contributed by atoms with E-state index in [0.717, 1.165) is 79.0 Å². The van der Waals surface area contributed by atoms with Crippen LogP contribution in [0.5, 0.6) is 5.88 Å². The summed E-state index contributed by atoms with van der Waals surface area (Å²) in [4.78, 5) is 41.5. The van der Waals surface area contributed by atoms with Gasteiger partial charge >= 0.3 is 0 Å². The number of imidazole rings is 1. The number of ether oxygens (including phenoxy) is 1. The van der Waals surface area contributed by atoms with Crippen LogP contribution in [0.3, 0.4) is 0 Å². The lowest BCUT2D eigenvalue weighted by Crippen LogP contribution is -2.44. The quantitative estimate of drug-likeness (QED) is 0.298. The largest absolute Gasteiger partial charge is 0.482 e. The number of likely N-dealkylation sites (tertiary alicyclic amines) is 1. The number of hydrogen-bond donors (Lipinski definition) is 1. The van der Waals surface area contributed by atoms with Crippen molar-refractivity contribution in [2.24, 2.45) is 17.1 Å². The summed E-state index contributed by atoms with van der Waals surface area (Å²) in [6, 6.07) is 10.7. The molecule has 4 aromatic heterocycles. The van der Waals surface area contributed by atoms with Crippen molar-refractivity contribution in [1.82, 2.24) is 28.7 Å². The first kappa shape index (κ1) is 30.4. The second-order valence-corrected chi connectivity index (χ2v) is 15.5. The summed E-state index contributed by atoms with van der Waals surface area (Å²) in [5.41, 5.74) is 12.2. The molecule has 47 heavy (non-hydrogen) atoms. The topological polar surface area (TPSA) is 111 Å². The van der Waals surface area contributed by atoms with Gasteiger partial charge in [0.2, 0.25) is 5.91 Å². The lowest BCUT2D eigenvalue weighted by molar-refractivity contribution is -0.140. The molecule has 4 aromatic rings. The summed E-state index contributed by atoms with van der Waals surface area (Å²) in [5.74, 6) is 1.66. The molecule has 4 fully saturated rings. The first-order valence-electron chi connectivity index (χ1n) is 17.5. The van der Waals surface area contributed by atoms with E-state index in [0.29, 0.717) is 29.6 Å². The van der Waals surface area contributed by atoms with Crippen molar-refractivity contribution < 1.29 is 14.3 Å². The minimum Gasteiger partial charge on any atom is -0.482 e. The minimum absolute atomic E-state index is 0.0125. The van der Waals surface area contributed by atoms with Gasteiger partial charge in [0.25, 0.3) is 5.91 Å². The lowest BCUT2D eigenvalue weighted by Gasteiger charge is -2.36. The van der Waals surface area contributed by atoms with Crippen molar-refractivity contribution in [2.45, 2.75) is 103 Å². The van der Waals surface area contributed by atoms with E-state index in [2.05, 4.69) is 29.7 Å². The van der Waals surface area contributed by atoms with E-state index in [4.69, 9.17) is 20.4 Å². The maximum Gasteiger partial charge on any atom is 0.254 e. The van der Waals surface area contributed by atoms with Crippen molar-refractivity contribution in [2.75, 3.05) is 20.2 Å². The first-order chi connectivity index (χ1) is 22.5. The van der Waals surface area contributed by atoms with Gasteiger partial charge in [0, 0.05) is 71.8 Å². The van der Waals surface area contributed by atoms with E-state index in [1.54, 1.807) is 7.11 Å². The van der Waals surface area contributed by atoms with E-state index in [1.165, 1.54) is 12.8 Å². The number of amides is 2. The van der Waals surface area contributed by atoms with E-state index in [-0.39, 0.29) is 35.9 Å². The molecule has 2 N–H and O–H groups in total. The third kappa shape index (κ3) is 5.10. The van der Waals surface area contributed by atoms with Crippen LogP contribution < -0.4 is 10.5 Å². The number of aryl methyl sites for hydroxylation is 1. The highest BCUT2D eigenvalue weighted by atomic mass is 16.5. The molecule has 8 rings (SSSR count). The van der Waals surface area contributed by atoms with Gasteiger partial charge in [0.1, 0.15) is 17.0 Å². The summed E-state index contributed by atoms with van der Waals surface area (Å²) < 4.78 is 10.2. The van der Waals surface area contributed by atoms with Gasteiger partial charge in [-0.25, -0.2) is 9.97 Å². The molecule has 1 unspecified atom stereocenters. The number of carbonyl (C=O) groups is 2. The molecule has 1 saturated carbocycles. The van der Waals surface area contributed by atoms with Crippen molar-refractivity contribution in [3.8, 4) is 17.3 Å². The van der Waals surface area contributed by atoms with Crippen LogP contribution in [-0.4, -0.2) is 78.9 Å². The third-order valence-electron chi connectivity index (χ3n) is 11.1. The second-order valence-electron chi connectivity index (χ2n) is 15.5. The van der Waals surface area contributed by atoms with Gasteiger partial charge in [-0.2, -0.15) is 0 Å². The Kier molecular flexibility index (Phi) is 7.17. The summed E-state index contributed by atoms with van der Waals surface area (Å²) in [7, 11) is 1.65. The van der Waals surface area contributed by atoms with Crippen molar-refractivity contribution in [3.05, 3.63) is 47.3 Å². The molecule has 0 aromatic carbocycles. The van der Waals surface area contributed by atoms with Crippen molar-refractivity contribution >= 4 is 28.5 Å². The average Bonchev–Trinajstić information content (AvgIpc) is 3.38. The average molecular weight is 638 g/mol. The molecule has 3 saturated heterocycles. The molecular weight excluding hydrogens is 590 g/mol. The maximum absolute atomic E-state index is 13.8. The smallest absolute Gasteiger partial charge is 0.254 e. The molecule has 4 aliphatic rings. The van der Waals surface area contributed by atoms with Gasteiger partial charge in [-0.3, -0.25) is 14.0 Å². The molecule has 248 valence electrons. The van der Waals surface area contributed by atoms with Crippen LogP contribution in [0.1, 0.15) is 93.4 Å². The fourth-order valence-corrected chi connectivity index (χ4v) is 8.48. The van der Waals surface area contributed by atoms with Gasteiger partial charge < -0.3 is 24.8 Å². The molecule has 0 radical (unpaired) electrons. The molecule has 0 spiro atoms. The molecular formula is C37H47N7O3. The highest BCUT2D eigenvalue weighted by Gasteiger charge is 2.47. The summed E-state index contributed by atoms with van der Waals surface area (Å²) in [6.45, 7) is 10.5. The molecule has 2 amide bonds. The number of hydrogen-bond acceptors (Lipinski definition) is 6. The Bertz CT molecular complexity index is 1900. The molecule has 3 aliphatic heterocycles. The van der Waals surface area contributed by atoms with Crippen LogP contribution in [0.4, 0.5) is 0 Å². The zero-order valence-electron chi connectivity index (χ0n) is 28.3. The summed E-state index contributed by atoms with van der Waals surface area (Å²) in [6.07, 6.45) is 7.31. The highest BCUT2D eigenvalue weighted by molar-refractivity contribution is 5.97. The Balaban J connectivity index is 1.18. The molecule has 2 bridgehead atoms. The van der Waals surface area contributed by atoms with Crippen LogP contribution in [0, 0.1) is 18.3 Å². The SMILES string of the molecule is COc1cc(C(=O)N2[C@H]3CC[C@@H]2[C@H](N)C3)cc2nc(-c3cc4ccc(C5CCCN(C(=O)C(C)(C)C)C5)nc4n3CC3CC3)c(C)n12. The van der Waals surface area contributed by atoms with Crippen molar-refractivity contribution in [3.63, 3.8) is 0 Å². The zero-order chi connectivity index (χ0) is 32.8. The Labute approximate surface area is 276 Å². The molecule has 7 heterocycles. The zero-order valence-corrected chi connectivity index (χ0v) is 28.3. The van der Waals surface area contributed by atoms with Gasteiger partial charge in [0.15, 0.2) is 5.88 Å². The number of nitrogens with two attached hydrogens (primary N) is 1. The van der Waals surface area contributed by atoms with E-state index >= 15 is 0 Å². The Morgan fingerprint density at radius 3 is 2.53 bits per heavy atom. The Morgan fingerprint density at radius 1 is 1.04 bits per heavy atom. The number of methoxy groups -OCH3 is 1. The van der Waals surface area contributed by atoms with Gasteiger partial charge in [-0.1, -0.05) is 20.8 Å². The van der Waals surface area contributed by atoms with Crippen LogP contribution >= 0.6 is 0 Å². The van der Waals surface area contributed by atoms with E-state index in [1.807, 2.05) is 47.1 Å². The number of aromatic nitrogens is 4. The molecule has 1 aliphatic carbocycles.